The van der Waals surface area contributed by atoms with E-state index in [1.54, 1.807) is 17.0 Å². The molecule has 1 saturated heterocycles. The Morgan fingerprint density at radius 3 is 2.86 bits per heavy atom. The number of amides is 1. The van der Waals surface area contributed by atoms with Gasteiger partial charge in [-0.25, -0.2) is 4.79 Å². The number of fused-ring (bicyclic) bond motifs is 1. The maximum Gasteiger partial charge on any atom is 0.339 e. The molecule has 21 heavy (non-hydrogen) atoms. The minimum atomic E-state index is -1.04. The lowest BCUT2D eigenvalue weighted by Gasteiger charge is -2.32. The number of carbonyl (C=O) groups excluding carboxylic acids is 1. The molecule has 1 fully saturated rings. The van der Waals surface area contributed by atoms with E-state index in [2.05, 4.69) is 12.2 Å². The smallest absolute Gasteiger partial charge is 0.339 e. The largest absolute Gasteiger partial charge is 0.489 e. The van der Waals surface area contributed by atoms with Gasteiger partial charge in [-0.3, -0.25) is 4.79 Å². The number of nitrogens with one attached hydrogen (secondary N) is 1. The van der Waals surface area contributed by atoms with Crippen molar-refractivity contribution < 1.29 is 19.4 Å². The van der Waals surface area contributed by atoms with Crippen molar-refractivity contribution in [2.75, 3.05) is 31.1 Å². The number of benzene rings is 1. The third kappa shape index (κ3) is 2.35. The molecule has 2 heterocycles. The molecule has 2 atom stereocenters. The van der Waals surface area contributed by atoms with Gasteiger partial charge >= 0.3 is 5.97 Å². The summed E-state index contributed by atoms with van der Waals surface area (Å²) in [6.45, 7) is 4.33. The molecule has 2 aliphatic heterocycles. The minimum Gasteiger partial charge on any atom is -0.489 e. The highest BCUT2D eigenvalue weighted by molar-refractivity contribution is 6.01. The number of aromatic carboxylic acids is 1. The summed E-state index contributed by atoms with van der Waals surface area (Å²) in [5, 5.41) is 12.4. The lowest BCUT2D eigenvalue weighted by molar-refractivity contribution is -0.123. The molecule has 0 radical (unpaired) electrons. The average molecular weight is 290 g/mol. The summed E-state index contributed by atoms with van der Waals surface area (Å²) in [7, 11) is 0. The highest BCUT2D eigenvalue weighted by Crippen LogP contribution is 2.36. The van der Waals surface area contributed by atoms with Crippen molar-refractivity contribution >= 4 is 17.6 Å². The van der Waals surface area contributed by atoms with Crippen molar-refractivity contribution in [1.29, 1.82) is 0 Å². The molecule has 6 nitrogen and oxygen atoms in total. The zero-order valence-electron chi connectivity index (χ0n) is 11.8. The standard InChI is InChI=1S/C15H18N2O4/c1-9-7-16-8-11(9)14(18)17-5-6-21-13-10(15(19)20)3-2-4-12(13)17/h2-4,9,11,16H,5-8H2,1H3,(H,19,20)/t9-,11-/m1/s1. The molecule has 0 spiro atoms. The molecule has 0 saturated carbocycles. The monoisotopic (exact) mass is 290 g/mol. The highest BCUT2D eigenvalue weighted by atomic mass is 16.5. The molecule has 3 rings (SSSR count). The van der Waals surface area contributed by atoms with Gasteiger partial charge < -0.3 is 20.1 Å². The molecule has 112 valence electrons. The Labute approximate surface area is 122 Å². The second kappa shape index (κ2) is 5.37. The first kappa shape index (κ1) is 13.9. The molecular weight excluding hydrogens is 272 g/mol. The summed E-state index contributed by atoms with van der Waals surface area (Å²) in [4.78, 5) is 25.7. The number of carbonyl (C=O) groups is 2. The SMILES string of the molecule is C[C@@H]1CNC[C@H]1C(=O)N1CCOc2c(C(=O)O)cccc21. The maximum atomic E-state index is 12.7. The van der Waals surface area contributed by atoms with E-state index < -0.39 is 5.97 Å². The van der Waals surface area contributed by atoms with E-state index in [0.717, 1.165) is 6.54 Å². The van der Waals surface area contributed by atoms with Crippen LogP contribution < -0.4 is 15.0 Å². The third-order valence-electron chi connectivity index (χ3n) is 4.18. The van der Waals surface area contributed by atoms with E-state index in [1.807, 2.05) is 0 Å². The lowest BCUT2D eigenvalue weighted by Crippen LogP contribution is -2.43. The topological polar surface area (TPSA) is 78.9 Å². The van der Waals surface area contributed by atoms with Gasteiger partial charge in [-0.2, -0.15) is 0 Å². The molecule has 1 aromatic carbocycles. The van der Waals surface area contributed by atoms with Crippen LogP contribution in [0.3, 0.4) is 0 Å². The van der Waals surface area contributed by atoms with Crippen LogP contribution in [-0.4, -0.2) is 43.2 Å². The van der Waals surface area contributed by atoms with Gasteiger partial charge in [0.05, 0.1) is 18.2 Å². The fourth-order valence-electron chi connectivity index (χ4n) is 2.99. The highest BCUT2D eigenvalue weighted by Gasteiger charge is 2.36. The van der Waals surface area contributed by atoms with Crippen molar-refractivity contribution in [3.63, 3.8) is 0 Å². The number of carboxylic acid groups (broad SMARTS) is 1. The average Bonchev–Trinajstić information content (AvgIpc) is 2.91. The van der Waals surface area contributed by atoms with Gasteiger partial charge in [-0.1, -0.05) is 13.0 Å². The Morgan fingerprint density at radius 2 is 2.19 bits per heavy atom. The number of para-hydroxylation sites is 1. The van der Waals surface area contributed by atoms with Gasteiger partial charge in [-0.15, -0.1) is 0 Å². The van der Waals surface area contributed by atoms with E-state index in [-0.39, 0.29) is 23.3 Å². The molecule has 0 bridgehead atoms. The number of nitrogens with zero attached hydrogens (tertiary/aromatic N) is 1. The summed E-state index contributed by atoms with van der Waals surface area (Å²) in [5.41, 5.74) is 0.660. The van der Waals surface area contributed by atoms with Crippen molar-refractivity contribution in [2.45, 2.75) is 6.92 Å². The minimum absolute atomic E-state index is 0.0413. The van der Waals surface area contributed by atoms with Crippen molar-refractivity contribution in [2.24, 2.45) is 11.8 Å². The zero-order chi connectivity index (χ0) is 15.0. The zero-order valence-corrected chi connectivity index (χ0v) is 11.8. The quantitative estimate of drug-likeness (QED) is 0.848. The number of anilines is 1. The van der Waals surface area contributed by atoms with Crippen molar-refractivity contribution in [3.05, 3.63) is 23.8 Å². The van der Waals surface area contributed by atoms with Crippen molar-refractivity contribution in [1.82, 2.24) is 5.32 Å². The summed E-state index contributed by atoms with van der Waals surface area (Å²) in [6.07, 6.45) is 0. The van der Waals surface area contributed by atoms with Gasteiger partial charge in [0.1, 0.15) is 12.2 Å². The van der Waals surface area contributed by atoms with Crippen LogP contribution >= 0.6 is 0 Å². The van der Waals surface area contributed by atoms with Crippen LogP contribution in [0.1, 0.15) is 17.3 Å². The first-order chi connectivity index (χ1) is 10.1. The summed E-state index contributed by atoms with van der Waals surface area (Å²) < 4.78 is 5.50. The predicted molar refractivity (Wildman–Crippen MR) is 76.8 cm³/mol. The Hall–Kier alpha value is -2.08. The molecule has 6 heteroatoms. The van der Waals surface area contributed by atoms with Crippen LogP contribution in [0.25, 0.3) is 0 Å². The van der Waals surface area contributed by atoms with E-state index in [4.69, 9.17) is 4.74 Å². The molecule has 0 aromatic heterocycles. The predicted octanol–water partition coefficient (Wildman–Crippen LogP) is 0.966. The summed E-state index contributed by atoms with van der Waals surface area (Å²) in [6, 6.07) is 4.88. The lowest BCUT2D eigenvalue weighted by atomic mass is 9.96. The molecule has 0 unspecified atom stereocenters. The van der Waals surface area contributed by atoms with Crippen LogP contribution in [0, 0.1) is 11.8 Å². The van der Waals surface area contributed by atoms with Crippen molar-refractivity contribution in [3.8, 4) is 5.75 Å². The summed E-state index contributed by atoms with van der Waals surface area (Å²) in [5.74, 6) is -0.490. The first-order valence-electron chi connectivity index (χ1n) is 7.11. The Morgan fingerprint density at radius 1 is 1.38 bits per heavy atom. The molecule has 1 aromatic rings. The van der Waals surface area contributed by atoms with Crippen LogP contribution in [0.5, 0.6) is 5.75 Å². The van der Waals surface area contributed by atoms with Gasteiger partial charge in [-0.05, 0) is 24.6 Å². The van der Waals surface area contributed by atoms with Crippen LogP contribution in [0.2, 0.25) is 0 Å². The number of carboxylic acids is 1. The van der Waals surface area contributed by atoms with Gasteiger partial charge in [0.25, 0.3) is 0 Å². The molecular formula is C15H18N2O4. The summed E-state index contributed by atoms with van der Waals surface area (Å²) >= 11 is 0. The van der Waals surface area contributed by atoms with Gasteiger partial charge in [0.2, 0.25) is 5.91 Å². The molecule has 0 aliphatic carbocycles. The Balaban J connectivity index is 1.95. The van der Waals surface area contributed by atoms with E-state index in [0.29, 0.717) is 31.1 Å². The van der Waals surface area contributed by atoms with Crippen LogP contribution in [0.15, 0.2) is 18.2 Å². The molecule has 1 amide bonds. The fraction of sp³-hybridized carbons (Fsp3) is 0.467. The Bertz CT molecular complexity index is 587. The maximum absolute atomic E-state index is 12.7. The fourth-order valence-corrected chi connectivity index (χ4v) is 2.99. The number of ether oxygens (including phenoxy) is 1. The van der Waals surface area contributed by atoms with Gasteiger partial charge in [0.15, 0.2) is 5.75 Å². The number of hydrogen-bond acceptors (Lipinski definition) is 4. The number of rotatable bonds is 2. The number of hydrogen-bond donors (Lipinski definition) is 2. The van der Waals surface area contributed by atoms with Crippen LogP contribution in [-0.2, 0) is 4.79 Å². The van der Waals surface area contributed by atoms with E-state index in [1.165, 1.54) is 6.07 Å². The Kier molecular flexibility index (Phi) is 3.55. The molecule has 2 aliphatic rings. The molecule has 2 N–H and O–H groups in total. The second-order valence-electron chi connectivity index (χ2n) is 5.54. The van der Waals surface area contributed by atoms with E-state index in [9.17, 15) is 14.7 Å². The van der Waals surface area contributed by atoms with E-state index >= 15 is 0 Å². The normalized spacial score (nSPS) is 24.3. The third-order valence-corrected chi connectivity index (χ3v) is 4.18. The second-order valence-corrected chi connectivity index (χ2v) is 5.54. The van der Waals surface area contributed by atoms with Crippen LogP contribution in [0.4, 0.5) is 5.69 Å². The first-order valence-corrected chi connectivity index (χ1v) is 7.11. The van der Waals surface area contributed by atoms with Gasteiger partial charge in [0, 0.05) is 6.54 Å².